The summed E-state index contributed by atoms with van der Waals surface area (Å²) in [5.74, 6) is 0.503. The number of piperidine rings is 1. The fourth-order valence-corrected chi connectivity index (χ4v) is 3.74. The van der Waals surface area contributed by atoms with Crippen LogP contribution in [0, 0.1) is 11.3 Å². The highest BCUT2D eigenvalue weighted by molar-refractivity contribution is 5.83. The molecular formula is C20H39N3O3. The third-order valence-corrected chi connectivity index (χ3v) is 5.37. The van der Waals surface area contributed by atoms with Gasteiger partial charge in [-0.25, -0.2) is 4.79 Å². The number of amides is 1. The summed E-state index contributed by atoms with van der Waals surface area (Å²) >= 11 is 0. The molecule has 0 saturated carbocycles. The second kappa shape index (κ2) is 13.1. The van der Waals surface area contributed by atoms with Gasteiger partial charge in [0.2, 0.25) is 0 Å². The molecule has 2 saturated heterocycles. The average molecular weight is 370 g/mol. The summed E-state index contributed by atoms with van der Waals surface area (Å²) in [6.45, 7) is 10.5. The topological polar surface area (TPSA) is 76.9 Å². The summed E-state index contributed by atoms with van der Waals surface area (Å²) in [7, 11) is 0. The minimum Gasteiger partial charge on any atom is -0.450 e. The van der Waals surface area contributed by atoms with E-state index >= 15 is 0 Å². The zero-order valence-corrected chi connectivity index (χ0v) is 17.0. The first-order chi connectivity index (χ1) is 12.6. The third kappa shape index (κ3) is 7.62. The number of aliphatic hydroxyl groups is 1. The van der Waals surface area contributed by atoms with Crippen LogP contribution in [0.2, 0.25) is 0 Å². The van der Waals surface area contributed by atoms with Crippen molar-refractivity contribution in [3.8, 4) is 0 Å². The molecule has 1 atom stereocenters. The Hall–Kier alpha value is -1.14. The van der Waals surface area contributed by atoms with Crippen LogP contribution in [0.4, 0.5) is 4.79 Å². The van der Waals surface area contributed by atoms with Crippen molar-refractivity contribution in [3.63, 3.8) is 0 Å². The number of carbonyl (C=O) groups excluding carboxylic acids is 1. The lowest BCUT2D eigenvalue weighted by Crippen LogP contribution is -2.43. The van der Waals surface area contributed by atoms with E-state index < -0.39 is 0 Å². The van der Waals surface area contributed by atoms with Gasteiger partial charge in [0, 0.05) is 31.4 Å². The number of hydrogen-bond acceptors (Lipinski definition) is 5. The second-order valence-corrected chi connectivity index (χ2v) is 7.18. The lowest BCUT2D eigenvalue weighted by Gasteiger charge is -2.37. The molecule has 2 rings (SSSR count). The normalized spacial score (nSPS) is 22.2. The molecule has 0 aromatic heterocycles. The highest BCUT2D eigenvalue weighted by Gasteiger charge is 2.29. The number of carbonyl (C=O) groups is 1. The van der Waals surface area contributed by atoms with Gasteiger partial charge < -0.3 is 25.1 Å². The molecule has 0 spiro atoms. The summed E-state index contributed by atoms with van der Waals surface area (Å²) in [6.07, 6.45) is 7.16. The number of hydrogen-bond donors (Lipinski definition) is 2. The number of rotatable bonds is 5. The predicted molar refractivity (Wildman–Crippen MR) is 106 cm³/mol. The quantitative estimate of drug-likeness (QED) is 0.727. The minimum absolute atomic E-state index is 0.154. The Morgan fingerprint density at radius 3 is 2.27 bits per heavy atom. The molecule has 2 fully saturated rings. The van der Waals surface area contributed by atoms with Gasteiger partial charge in [-0.05, 0) is 70.9 Å². The van der Waals surface area contributed by atoms with Crippen LogP contribution >= 0.6 is 0 Å². The van der Waals surface area contributed by atoms with Crippen molar-refractivity contribution in [2.45, 2.75) is 71.8 Å². The van der Waals surface area contributed by atoms with E-state index in [1.54, 1.807) is 0 Å². The molecule has 2 N–H and O–H groups in total. The van der Waals surface area contributed by atoms with Gasteiger partial charge in [0.1, 0.15) is 0 Å². The number of aliphatic hydroxyl groups excluding tert-OH is 1. The van der Waals surface area contributed by atoms with Crippen molar-refractivity contribution in [2.75, 3.05) is 39.4 Å². The molecule has 0 aromatic carbocycles. The molecule has 2 aliphatic heterocycles. The highest BCUT2D eigenvalue weighted by atomic mass is 16.6. The van der Waals surface area contributed by atoms with E-state index in [-0.39, 0.29) is 6.09 Å². The molecule has 0 bridgehead atoms. The zero-order valence-electron chi connectivity index (χ0n) is 17.0. The maximum atomic E-state index is 11.9. The van der Waals surface area contributed by atoms with E-state index in [1.807, 2.05) is 18.7 Å². The lowest BCUT2D eigenvalue weighted by atomic mass is 9.89. The first-order valence-electron chi connectivity index (χ1n) is 10.4. The third-order valence-electron chi connectivity index (χ3n) is 5.37. The standard InChI is InChI=1S/C17H31N3O2.C3H8O/c1-3-16(18)14-7-11-19(12-8-14)15-6-5-10-20(13-9-15)17(21)22-4-2;1-2-3-4/h14-15,18H,3-13H2,1-2H3;4H,2-3H2,1H3. The zero-order chi connectivity index (χ0) is 19.4. The van der Waals surface area contributed by atoms with Gasteiger partial charge in [0.05, 0.1) is 6.61 Å². The van der Waals surface area contributed by atoms with E-state index in [9.17, 15) is 4.79 Å². The van der Waals surface area contributed by atoms with E-state index in [2.05, 4.69) is 11.8 Å². The predicted octanol–water partition coefficient (Wildman–Crippen LogP) is 3.53. The Balaban J connectivity index is 0.000000765. The van der Waals surface area contributed by atoms with Crippen LogP contribution in [0.25, 0.3) is 0 Å². The summed E-state index contributed by atoms with van der Waals surface area (Å²) < 4.78 is 5.12. The largest absolute Gasteiger partial charge is 0.450 e. The maximum absolute atomic E-state index is 11.9. The Morgan fingerprint density at radius 1 is 1.08 bits per heavy atom. The first kappa shape index (κ1) is 22.9. The van der Waals surface area contributed by atoms with Gasteiger partial charge in [-0.3, -0.25) is 0 Å². The summed E-state index contributed by atoms with van der Waals surface area (Å²) in [5, 5.41) is 15.9. The van der Waals surface area contributed by atoms with Crippen LogP contribution in [-0.4, -0.2) is 72.1 Å². The van der Waals surface area contributed by atoms with Gasteiger partial charge in [-0.1, -0.05) is 13.8 Å². The maximum Gasteiger partial charge on any atom is 0.409 e. The highest BCUT2D eigenvalue weighted by Crippen LogP contribution is 2.25. The van der Waals surface area contributed by atoms with Crippen molar-refractivity contribution >= 4 is 11.8 Å². The van der Waals surface area contributed by atoms with Crippen LogP contribution in [0.15, 0.2) is 0 Å². The molecule has 0 aliphatic carbocycles. The molecule has 1 unspecified atom stereocenters. The molecule has 6 heteroatoms. The number of likely N-dealkylation sites (tertiary alicyclic amines) is 2. The van der Waals surface area contributed by atoms with Crippen LogP contribution in [0.5, 0.6) is 0 Å². The van der Waals surface area contributed by atoms with Gasteiger partial charge in [-0.15, -0.1) is 0 Å². The molecule has 0 radical (unpaired) electrons. The Morgan fingerprint density at radius 2 is 1.73 bits per heavy atom. The van der Waals surface area contributed by atoms with Gasteiger partial charge >= 0.3 is 6.09 Å². The SMILES string of the molecule is CCCO.CCOC(=O)N1CCCC(N2CCC(C(=N)CC)CC2)CC1. The molecule has 2 aliphatic rings. The Kier molecular flexibility index (Phi) is 11.5. The number of nitrogens with zero attached hydrogens (tertiary/aromatic N) is 2. The molecule has 1 amide bonds. The van der Waals surface area contributed by atoms with E-state index in [1.165, 1.54) is 6.42 Å². The smallest absolute Gasteiger partial charge is 0.409 e. The van der Waals surface area contributed by atoms with Crippen LogP contribution < -0.4 is 0 Å². The number of nitrogens with one attached hydrogen (secondary N) is 1. The molecule has 26 heavy (non-hydrogen) atoms. The molecular weight excluding hydrogens is 330 g/mol. The monoisotopic (exact) mass is 369 g/mol. The Bertz CT molecular complexity index is 407. The van der Waals surface area contributed by atoms with Crippen molar-refractivity contribution in [2.24, 2.45) is 5.92 Å². The fraction of sp³-hybridized carbons (Fsp3) is 0.900. The van der Waals surface area contributed by atoms with Crippen molar-refractivity contribution < 1.29 is 14.6 Å². The summed E-state index contributed by atoms with van der Waals surface area (Å²) in [5.41, 5.74) is 0.925. The second-order valence-electron chi connectivity index (χ2n) is 7.18. The lowest BCUT2D eigenvalue weighted by molar-refractivity contribution is 0.105. The van der Waals surface area contributed by atoms with Crippen LogP contribution in [0.3, 0.4) is 0 Å². The van der Waals surface area contributed by atoms with E-state index in [4.69, 9.17) is 15.3 Å². The molecule has 6 nitrogen and oxygen atoms in total. The first-order valence-corrected chi connectivity index (χ1v) is 10.4. The summed E-state index contributed by atoms with van der Waals surface area (Å²) in [4.78, 5) is 16.3. The van der Waals surface area contributed by atoms with Crippen molar-refractivity contribution in [3.05, 3.63) is 0 Å². The van der Waals surface area contributed by atoms with E-state index in [0.717, 1.165) is 70.4 Å². The van der Waals surface area contributed by atoms with E-state index in [0.29, 0.717) is 25.2 Å². The van der Waals surface area contributed by atoms with Crippen molar-refractivity contribution in [1.82, 2.24) is 9.80 Å². The molecule has 2 heterocycles. The van der Waals surface area contributed by atoms with Crippen LogP contribution in [-0.2, 0) is 4.74 Å². The fourth-order valence-electron chi connectivity index (χ4n) is 3.74. The molecule has 152 valence electrons. The van der Waals surface area contributed by atoms with Gasteiger partial charge in [-0.2, -0.15) is 0 Å². The van der Waals surface area contributed by atoms with Crippen molar-refractivity contribution in [1.29, 1.82) is 5.41 Å². The Labute approximate surface area is 159 Å². The average Bonchev–Trinajstić information content (AvgIpc) is 2.94. The minimum atomic E-state index is -0.154. The summed E-state index contributed by atoms with van der Waals surface area (Å²) in [6, 6.07) is 0.594. The van der Waals surface area contributed by atoms with Gasteiger partial charge in [0.25, 0.3) is 0 Å². The number of ether oxygens (including phenoxy) is 1. The molecule has 0 aromatic rings. The van der Waals surface area contributed by atoms with Gasteiger partial charge in [0.15, 0.2) is 0 Å². The van der Waals surface area contributed by atoms with Crippen LogP contribution in [0.1, 0.15) is 65.7 Å².